The molecule has 1 heteroatoms. The van der Waals surface area contributed by atoms with Gasteiger partial charge in [0, 0.05) is 0 Å². The maximum absolute atomic E-state index is 5.49. The van der Waals surface area contributed by atoms with E-state index in [1.165, 1.54) is 32.1 Å². The van der Waals surface area contributed by atoms with Crippen LogP contribution in [-0.4, -0.2) is 6.54 Å². The molecule has 0 amide bonds. The Morgan fingerprint density at radius 1 is 1.30 bits per heavy atom. The Kier molecular flexibility index (Phi) is 1.69. The molecule has 0 aromatic heterocycles. The summed E-state index contributed by atoms with van der Waals surface area (Å²) in [4.78, 5) is 0. The lowest BCUT2D eigenvalue weighted by Gasteiger charge is -2.25. The summed E-state index contributed by atoms with van der Waals surface area (Å²) < 4.78 is 0. The van der Waals surface area contributed by atoms with Crippen LogP contribution in [0.5, 0.6) is 0 Å². The molecule has 0 bridgehead atoms. The van der Waals surface area contributed by atoms with Crippen molar-refractivity contribution in [1.29, 1.82) is 0 Å². The lowest BCUT2D eigenvalue weighted by atomic mass is 9.81. The normalized spacial score (nSPS) is 39.3. The summed E-state index contributed by atoms with van der Waals surface area (Å²) >= 11 is 0. The van der Waals surface area contributed by atoms with Crippen molar-refractivity contribution in [2.24, 2.45) is 23.5 Å². The molecule has 0 aromatic carbocycles. The topological polar surface area (TPSA) is 26.0 Å². The van der Waals surface area contributed by atoms with Gasteiger partial charge < -0.3 is 5.73 Å². The molecule has 2 aliphatic carbocycles. The molecule has 0 spiro atoms. The highest BCUT2D eigenvalue weighted by atomic mass is 14.6. The van der Waals surface area contributed by atoms with Gasteiger partial charge in [0.2, 0.25) is 0 Å². The largest absolute Gasteiger partial charge is 0.330 e. The molecule has 2 saturated carbocycles. The zero-order valence-corrected chi connectivity index (χ0v) is 6.55. The van der Waals surface area contributed by atoms with E-state index < -0.39 is 0 Å². The van der Waals surface area contributed by atoms with Crippen molar-refractivity contribution in [3.63, 3.8) is 0 Å². The average Bonchev–Trinajstić information content (AvgIpc) is 2.44. The van der Waals surface area contributed by atoms with Gasteiger partial charge in [-0.15, -0.1) is 0 Å². The molecule has 0 aliphatic heterocycles. The molecule has 58 valence electrons. The van der Waals surface area contributed by atoms with Crippen LogP contribution in [0.1, 0.15) is 32.1 Å². The van der Waals surface area contributed by atoms with Gasteiger partial charge in [0.15, 0.2) is 0 Å². The van der Waals surface area contributed by atoms with Crippen LogP contribution in [0, 0.1) is 17.8 Å². The van der Waals surface area contributed by atoms with Gasteiger partial charge in [-0.05, 0) is 37.1 Å². The van der Waals surface area contributed by atoms with Crippen molar-refractivity contribution in [1.82, 2.24) is 0 Å². The van der Waals surface area contributed by atoms with E-state index in [1.807, 2.05) is 0 Å². The quantitative estimate of drug-likeness (QED) is 0.633. The second kappa shape index (κ2) is 2.54. The maximum atomic E-state index is 5.49. The molecule has 0 saturated heterocycles. The van der Waals surface area contributed by atoms with E-state index in [2.05, 4.69) is 0 Å². The van der Waals surface area contributed by atoms with Crippen LogP contribution in [0.25, 0.3) is 0 Å². The second-order valence-corrected chi connectivity index (χ2v) is 3.93. The summed E-state index contributed by atoms with van der Waals surface area (Å²) in [7, 11) is 0. The minimum Gasteiger partial charge on any atom is -0.330 e. The number of rotatable bonds is 3. The smallest absolute Gasteiger partial charge is 0.00745 e. The predicted molar refractivity (Wildman–Crippen MR) is 42.6 cm³/mol. The summed E-state index contributed by atoms with van der Waals surface area (Å²) in [6.07, 6.45) is 7.33. The fourth-order valence-corrected chi connectivity index (χ4v) is 2.26. The highest BCUT2D eigenvalue weighted by Crippen LogP contribution is 2.52. The van der Waals surface area contributed by atoms with Crippen molar-refractivity contribution in [2.45, 2.75) is 32.1 Å². The van der Waals surface area contributed by atoms with Crippen LogP contribution in [0.3, 0.4) is 0 Å². The van der Waals surface area contributed by atoms with Crippen LogP contribution in [0.2, 0.25) is 0 Å². The van der Waals surface area contributed by atoms with Crippen molar-refractivity contribution in [3.8, 4) is 0 Å². The maximum Gasteiger partial charge on any atom is -0.00745 e. The molecule has 0 aromatic rings. The summed E-state index contributed by atoms with van der Waals surface area (Å²) in [6, 6.07) is 0. The van der Waals surface area contributed by atoms with Crippen LogP contribution in [0.15, 0.2) is 0 Å². The van der Waals surface area contributed by atoms with Crippen molar-refractivity contribution in [3.05, 3.63) is 0 Å². The molecule has 2 rings (SSSR count). The van der Waals surface area contributed by atoms with Gasteiger partial charge in [-0.1, -0.05) is 19.3 Å². The van der Waals surface area contributed by atoms with Crippen LogP contribution in [0.4, 0.5) is 0 Å². The van der Waals surface area contributed by atoms with E-state index in [4.69, 9.17) is 5.73 Å². The highest BCUT2D eigenvalue weighted by Gasteiger charge is 2.43. The van der Waals surface area contributed by atoms with Gasteiger partial charge >= 0.3 is 0 Å². The first-order chi connectivity index (χ1) is 4.92. The van der Waals surface area contributed by atoms with E-state index in [-0.39, 0.29) is 0 Å². The molecular formula is C9H17N. The zero-order valence-electron chi connectivity index (χ0n) is 6.55. The number of nitrogens with two attached hydrogens (primary N) is 1. The monoisotopic (exact) mass is 139 g/mol. The molecular weight excluding hydrogens is 122 g/mol. The fraction of sp³-hybridized carbons (Fsp3) is 1.00. The van der Waals surface area contributed by atoms with Gasteiger partial charge in [-0.2, -0.15) is 0 Å². The first kappa shape index (κ1) is 6.66. The Bertz CT molecular complexity index is 118. The van der Waals surface area contributed by atoms with Gasteiger partial charge in [-0.3, -0.25) is 0 Å². The first-order valence-corrected chi connectivity index (χ1v) is 4.62. The standard InChI is InChI=1S/C9H17N/c10-5-4-8-6-9(8)7-2-1-3-7/h7-9H,1-6,10H2. The lowest BCUT2D eigenvalue weighted by Crippen LogP contribution is -2.14. The Morgan fingerprint density at radius 3 is 2.60 bits per heavy atom. The van der Waals surface area contributed by atoms with Crippen LogP contribution >= 0.6 is 0 Å². The fourth-order valence-electron chi connectivity index (χ4n) is 2.26. The minimum absolute atomic E-state index is 0.911. The molecule has 2 fully saturated rings. The van der Waals surface area contributed by atoms with E-state index >= 15 is 0 Å². The second-order valence-electron chi connectivity index (χ2n) is 3.93. The molecule has 10 heavy (non-hydrogen) atoms. The van der Waals surface area contributed by atoms with Gasteiger partial charge in [0.1, 0.15) is 0 Å². The number of hydrogen-bond acceptors (Lipinski definition) is 1. The molecule has 0 radical (unpaired) electrons. The Morgan fingerprint density at radius 2 is 2.10 bits per heavy atom. The van der Waals surface area contributed by atoms with E-state index in [0.29, 0.717) is 0 Å². The Hall–Kier alpha value is -0.0400. The molecule has 1 nitrogen and oxygen atoms in total. The third-order valence-electron chi connectivity index (χ3n) is 3.27. The van der Waals surface area contributed by atoms with E-state index in [1.54, 1.807) is 0 Å². The van der Waals surface area contributed by atoms with Gasteiger partial charge in [0.25, 0.3) is 0 Å². The SMILES string of the molecule is NCCC1CC1C1CCC1. The minimum atomic E-state index is 0.911. The summed E-state index contributed by atoms with van der Waals surface area (Å²) in [6.45, 7) is 0.911. The van der Waals surface area contributed by atoms with Gasteiger partial charge in [-0.25, -0.2) is 0 Å². The molecule has 2 unspecified atom stereocenters. The average molecular weight is 139 g/mol. The summed E-state index contributed by atoms with van der Waals surface area (Å²) in [5.74, 6) is 3.27. The zero-order chi connectivity index (χ0) is 6.97. The first-order valence-electron chi connectivity index (χ1n) is 4.62. The van der Waals surface area contributed by atoms with E-state index in [9.17, 15) is 0 Å². The molecule has 2 atom stereocenters. The summed E-state index contributed by atoms with van der Waals surface area (Å²) in [5, 5.41) is 0. The summed E-state index contributed by atoms with van der Waals surface area (Å²) in [5.41, 5.74) is 5.49. The Labute approximate surface area is 63.0 Å². The molecule has 2 N–H and O–H groups in total. The van der Waals surface area contributed by atoms with Crippen molar-refractivity contribution < 1.29 is 0 Å². The highest BCUT2D eigenvalue weighted by molar-refractivity contribution is 4.93. The third kappa shape index (κ3) is 1.07. The number of hydrogen-bond donors (Lipinski definition) is 1. The van der Waals surface area contributed by atoms with Crippen molar-refractivity contribution >= 4 is 0 Å². The molecule has 2 aliphatic rings. The van der Waals surface area contributed by atoms with Crippen LogP contribution in [-0.2, 0) is 0 Å². The van der Waals surface area contributed by atoms with E-state index in [0.717, 1.165) is 24.3 Å². The van der Waals surface area contributed by atoms with Crippen LogP contribution < -0.4 is 5.73 Å². The predicted octanol–water partition coefficient (Wildman–Crippen LogP) is 1.77. The van der Waals surface area contributed by atoms with Gasteiger partial charge in [0.05, 0.1) is 0 Å². The van der Waals surface area contributed by atoms with Crippen molar-refractivity contribution in [2.75, 3.05) is 6.54 Å². The molecule has 0 heterocycles. The lowest BCUT2D eigenvalue weighted by molar-refractivity contribution is 0.264. The third-order valence-corrected chi connectivity index (χ3v) is 3.27. The Balaban J connectivity index is 1.68.